The quantitative estimate of drug-likeness (QED) is 0.0261. The van der Waals surface area contributed by atoms with E-state index < -0.39 is 6.10 Å². The monoisotopic (exact) mass is 1020 g/mol. The smallest absolute Gasteiger partial charge is 0.306 e. The maximum atomic E-state index is 12.9. The number of carbonyl (C=O) groups is 3. The van der Waals surface area contributed by atoms with E-state index in [1.165, 1.54) is 231 Å². The molecule has 6 nitrogen and oxygen atoms in total. The Labute approximate surface area is 455 Å². The molecule has 0 rings (SSSR count). The van der Waals surface area contributed by atoms with Crippen molar-refractivity contribution in [2.75, 3.05) is 13.2 Å². The number of hydrogen-bond donors (Lipinski definition) is 0. The maximum Gasteiger partial charge on any atom is 0.306 e. The van der Waals surface area contributed by atoms with Gasteiger partial charge in [0.2, 0.25) is 0 Å². The Morgan fingerprint density at radius 1 is 0.288 bits per heavy atom. The van der Waals surface area contributed by atoms with Crippen LogP contribution in [0.3, 0.4) is 0 Å². The predicted octanol–water partition coefficient (Wildman–Crippen LogP) is 22.0. The molecule has 6 heteroatoms. The lowest BCUT2D eigenvalue weighted by molar-refractivity contribution is -0.167. The van der Waals surface area contributed by atoms with E-state index in [1.54, 1.807) is 0 Å². The van der Waals surface area contributed by atoms with Crippen LogP contribution < -0.4 is 0 Å². The second-order valence-electron chi connectivity index (χ2n) is 22.0. The fourth-order valence-electron chi connectivity index (χ4n) is 9.81. The first kappa shape index (κ1) is 70.6. The van der Waals surface area contributed by atoms with Gasteiger partial charge in [-0.25, -0.2) is 0 Å². The van der Waals surface area contributed by atoms with Crippen LogP contribution in [0.2, 0.25) is 0 Å². The predicted molar refractivity (Wildman–Crippen MR) is 316 cm³/mol. The summed E-state index contributed by atoms with van der Waals surface area (Å²) in [5.74, 6) is -0.863. The average molecular weight is 1030 g/mol. The summed E-state index contributed by atoms with van der Waals surface area (Å²) in [5.41, 5.74) is 0. The third-order valence-electron chi connectivity index (χ3n) is 14.7. The highest BCUT2D eigenvalue weighted by molar-refractivity contribution is 5.71. The largest absolute Gasteiger partial charge is 0.462 e. The van der Waals surface area contributed by atoms with Crippen LogP contribution in [-0.2, 0) is 28.6 Å². The van der Waals surface area contributed by atoms with E-state index in [1.807, 2.05) is 0 Å². The molecule has 0 N–H and O–H groups in total. The Hall–Kier alpha value is -2.37. The third kappa shape index (κ3) is 60.4. The average Bonchev–Trinajstić information content (AvgIpc) is 3.39. The molecule has 73 heavy (non-hydrogen) atoms. The number of hydrogen-bond acceptors (Lipinski definition) is 6. The van der Waals surface area contributed by atoms with Gasteiger partial charge >= 0.3 is 17.9 Å². The summed E-state index contributed by atoms with van der Waals surface area (Å²) in [4.78, 5) is 38.1. The molecule has 0 saturated carbocycles. The van der Waals surface area contributed by atoms with E-state index in [4.69, 9.17) is 14.2 Å². The standard InChI is InChI=1S/C67H124O6/c1-4-7-10-13-16-19-21-23-25-27-28-29-30-31-32-33-34-35-36-37-38-40-41-43-45-48-51-54-57-60-66(69)72-63-64(62-71-65(68)59-56-53-50-47-18-15-12-9-6-3)73-67(70)61-58-55-52-49-46-44-42-39-26-24-22-20-17-14-11-8-5-2/h8,11,17,20,24,26,64H,4-7,9-10,12-16,18-19,21-23,25,27-63H2,1-3H3/b11-8-,20-17-,26-24-. The summed E-state index contributed by atoms with van der Waals surface area (Å²) in [6.45, 7) is 6.56. The van der Waals surface area contributed by atoms with Crippen molar-refractivity contribution < 1.29 is 28.6 Å². The number of carbonyl (C=O) groups excluding carboxylic acids is 3. The van der Waals surface area contributed by atoms with Crippen LogP contribution in [0.15, 0.2) is 36.5 Å². The first-order valence-electron chi connectivity index (χ1n) is 32.5. The molecule has 428 valence electrons. The van der Waals surface area contributed by atoms with E-state index in [-0.39, 0.29) is 31.1 Å². The first-order chi connectivity index (χ1) is 36.0. The van der Waals surface area contributed by atoms with Gasteiger partial charge in [0, 0.05) is 19.3 Å². The normalized spacial score (nSPS) is 12.2. The summed E-state index contributed by atoms with van der Waals surface area (Å²) in [5, 5.41) is 0. The van der Waals surface area contributed by atoms with Gasteiger partial charge in [0.15, 0.2) is 6.10 Å². The van der Waals surface area contributed by atoms with E-state index in [2.05, 4.69) is 57.2 Å². The Kier molecular flexibility index (Phi) is 60.2. The van der Waals surface area contributed by atoms with Gasteiger partial charge in [0.1, 0.15) is 13.2 Å². The molecular weight excluding hydrogens is 901 g/mol. The Morgan fingerprint density at radius 3 is 0.836 bits per heavy atom. The Bertz CT molecular complexity index is 1220. The molecule has 0 heterocycles. The molecule has 0 aromatic carbocycles. The summed E-state index contributed by atoms with van der Waals surface area (Å²) in [7, 11) is 0. The number of unbranched alkanes of at least 4 members (excludes halogenated alkanes) is 43. The summed E-state index contributed by atoms with van der Waals surface area (Å²) >= 11 is 0. The molecule has 1 atom stereocenters. The third-order valence-corrected chi connectivity index (χ3v) is 14.7. The zero-order valence-electron chi connectivity index (χ0n) is 49.2. The van der Waals surface area contributed by atoms with Crippen LogP contribution in [-0.4, -0.2) is 37.2 Å². The number of ether oxygens (including phenoxy) is 3. The first-order valence-corrected chi connectivity index (χ1v) is 32.5. The topological polar surface area (TPSA) is 78.9 Å². The maximum absolute atomic E-state index is 12.9. The van der Waals surface area contributed by atoms with Gasteiger partial charge in [-0.1, -0.05) is 320 Å². The van der Waals surface area contributed by atoms with E-state index >= 15 is 0 Å². The van der Waals surface area contributed by atoms with Crippen molar-refractivity contribution >= 4 is 17.9 Å². The van der Waals surface area contributed by atoms with Crippen molar-refractivity contribution in [2.24, 2.45) is 0 Å². The Balaban J connectivity index is 4.08. The van der Waals surface area contributed by atoms with E-state index in [0.29, 0.717) is 19.3 Å². The zero-order valence-corrected chi connectivity index (χ0v) is 49.2. The van der Waals surface area contributed by atoms with Gasteiger partial charge in [0.25, 0.3) is 0 Å². The molecule has 1 unspecified atom stereocenters. The summed E-state index contributed by atoms with van der Waals surface area (Å²) < 4.78 is 16.9. The minimum absolute atomic E-state index is 0.0714. The molecule has 0 aliphatic heterocycles. The summed E-state index contributed by atoms with van der Waals surface area (Å²) in [6, 6.07) is 0. The minimum atomic E-state index is -0.773. The van der Waals surface area contributed by atoms with Crippen molar-refractivity contribution in [3.05, 3.63) is 36.5 Å². The minimum Gasteiger partial charge on any atom is -0.462 e. The summed E-state index contributed by atoms with van der Waals surface area (Å²) in [6.07, 6.45) is 76.1. The molecule has 0 amide bonds. The Morgan fingerprint density at radius 2 is 0.534 bits per heavy atom. The lowest BCUT2D eigenvalue weighted by Gasteiger charge is -2.18. The van der Waals surface area contributed by atoms with Gasteiger partial charge in [-0.15, -0.1) is 0 Å². The van der Waals surface area contributed by atoms with Crippen LogP contribution >= 0.6 is 0 Å². The lowest BCUT2D eigenvalue weighted by Crippen LogP contribution is -2.30. The number of esters is 3. The molecule has 0 radical (unpaired) electrons. The molecule has 0 aromatic heterocycles. The van der Waals surface area contributed by atoms with Crippen molar-refractivity contribution in [3.8, 4) is 0 Å². The van der Waals surface area contributed by atoms with Gasteiger partial charge in [-0.3, -0.25) is 14.4 Å². The van der Waals surface area contributed by atoms with Crippen molar-refractivity contribution in [3.63, 3.8) is 0 Å². The fourth-order valence-corrected chi connectivity index (χ4v) is 9.81. The van der Waals surface area contributed by atoms with Gasteiger partial charge in [-0.2, -0.15) is 0 Å². The zero-order chi connectivity index (χ0) is 52.9. The van der Waals surface area contributed by atoms with E-state index in [9.17, 15) is 14.4 Å². The molecule has 0 aliphatic carbocycles. The van der Waals surface area contributed by atoms with Crippen LogP contribution in [0.1, 0.15) is 355 Å². The lowest BCUT2D eigenvalue weighted by atomic mass is 10.0. The van der Waals surface area contributed by atoms with Crippen LogP contribution in [0.5, 0.6) is 0 Å². The van der Waals surface area contributed by atoms with Crippen molar-refractivity contribution in [1.82, 2.24) is 0 Å². The second kappa shape index (κ2) is 62.2. The van der Waals surface area contributed by atoms with Crippen LogP contribution in [0.4, 0.5) is 0 Å². The molecule has 0 fully saturated rings. The highest BCUT2D eigenvalue weighted by Crippen LogP contribution is 2.18. The number of allylic oxidation sites excluding steroid dienone is 6. The molecule has 0 saturated heterocycles. The highest BCUT2D eigenvalue weighted by atomic mass is 16.6. The van der Waals surface area contributed by atoms with Gasteiger partial charge in [-0.05, 0) is 51.4 Å². The van der Waals surface area contributed by atoms with Crippen molar-refractivity contribution in [1.29, 1.82) is 0 Å². The fraction of sp³-hybridized carbons (Fsp3) is 0.866. The van der Waals surface area contributed by atoms with E-state index in [0.717, 1.165) is 83.5 Å². The molecular formula is C67H124O6. The molecule has 0 aliphatic rings. The SMILES string of the molecule is CC/C=C\C/C=C\C/C=C\CCCCCCCCCC(=O)OC(COC(=O)CCCCCCCCCCC)COC(=O)CCCCCCCCCCCCCCCCCCCCCCCCCCCCCCC. The van der Waals surface area contributed by atoms with Crippen LogP contribution in [0.25, 0.3) is 0 Å². The van der Waals surface area contributed by atoms with Gasteiger partial charge < -0.3 is 14.2 Å². The molecule has 0 aromatic rings. The van der Waals surface area contributed by atoms with Gasteiger partial charge in [0.05, 0.1) is 0 Å². The second-order valence-corrected chi connectivity index (χ2v) is 22.0. The molecule has 0 bridgehead atoms. The number of rotatable bonds is 60. The molecule has 0 spiro atoms. The van der Waals surface area contributed by atoms with Crippen molar-refractivity contribution in [2.45, 2.75) is 361 Å². The highest BCUT2D eigenvalue weighted by Gasteiger charge is 2.19. The van der Waals surface area contributed by atoms with Crippen LogP contribution in [0, 0.1) is 0 Å².